The molecule has 2 aliphatic rings. The summed E-state index contributed by atoms with van der Waals surface area (Å²) in [6.07, 6.45) is 0.217. The number of fused-ring (bicyclic) bond motifs is 1. The molecule has 16 heavy (non-hydrogen) atoms. The fourth-order valence-electron chi connectivity index (χ4n) is 2.85. The molecule has 1 saturated heterocycles. The predicted octanol–water partition coefficient (Wildman–Crippen LogP) is 1.93. The lowest BCUT2D eigenvalue weighted by Gasteiger charge is -2.51. The highest BCUT2D eigenvalue weighted by atomic mass is 16.6. The Balaban J connectivity index is 2.48. The Kier molecular flexibility index (Phi) is 2.48. The number of aliphatic hydroxyl groups is 1. The van der Waals surface area contributed by atoms with E-state index in [4.69, 9.17) is 14.7 Å². The van der Waals surface area contributed by atoms with Gasteiger partial charge < -0.3 is 14.6 Å². The van der Waals surface area contributed by atoms with Gasteiger partial charge in [0.2, 0.25) is 0 Å². The normalized spacial score (nSPS) is 37.8. The van der Waals surface area contributed by atoms with E-state index in [0.29, 0.717) is 25.2 Å². The molecule has 4 heteroatoms. The van der Waals surface area contributed by atoms with E-state index in [1.165, 1.54) is 0 Å². The van der Waals surface area contributed by atoms with E-state index in [-0.39, 0.29) is 11.9 Å². The molecule has 0 aromatic rings. The molecular weight excluding hydrogens is 206 g/mol. The van der Waals surface area contributed by atoms with Gasteiger partial charge in [0.1, 0.15) is 5.76 Å². The van der Waals surface area contributed by atoms with Crippen LogP contribution in [0.5, 0.6) is 0 Å². The van der Waals surface area contributed by atoms with E-state index in [1.54, 1.807) is 0 Å². The third-order valence-corrected chi connectivity index (χ3v) is 3.57. The van der Waals surface area contributed by atoms with E-state index >= 15 is 0 Å². The van der Waals surface area contributed by atoms with Crippen molar-refractivity contribution in [3.63, 3.8) is 0 Å². The molecule has 88 valence electrons. The minimum Gasteiger partial charge on any atom is -0.511 e. The van der Waals surface area contributed by atoms with E-state index in [1.807, 2.05) is 20.8 Å². The molecule has 1 heterocycles. The fourth-order valence-corrected chi connectivity index (χ4v) is 2.85. The van der Waals surface area contributed by atoms with Gasteiger partial charge in [-0.05, 0) is 6.92 Å². The molecule has 2 rings (SSSR count). The molecule has 4 nitrogen and oxygen atoms in total. The van der Waals surface area contributed by atoms with Crippen molar-refractivity contribution in [2.75, 3.05) is 13.2 Å². The summed E-state index contributed by atoms with van der Waals surface area (Å²) in [5.74, 6) is 0.142. The van der Waals surface area contributed by atoms with Crippen LogP contribution in [0.1, 0.15) is 27.2 Å². The first-order valence-corrected chi connectivity index (χ1v) is 5.50. The van der Waals surface area contributed by atoms with Gasteiger partial charge >= 0.3 is 0 Å². The lowest BCUT2D eigenvalue weighted by Crippen LogP contribution is -2.58. The maximum atomic E-state index is 10.1. The van der Waals surface area contributed by atoms with Crippen LogP contribution in [0.25, 0.3) is 0 Å². The summed E-state index contributed by atoms with van der Waals surface area (Å²) in [4.78, 5) is 0. The first kappa shape index (κ1) is 11.4. The van der Waals surface area contributed by atoms with Crippen LogP contribution in [0, 0.1) is 16.7 Å². The number of hydrogen-bond acceptors (Lipinski definition) is 4. The quantitative estimate of drug-likeness (QED) is 0.681. The van der Waals surface area contributed by atoms with Gasteiger partial charge in [0.05, 0.1) is 42.0 Å². The Bertz CT molecular complexity index is 380. The molecule has 0 spiro atoms. The van der Waals surface area contributed by atoms with Crippen LogP contribution in [0.2, 0.25) is 0 Å². The van der Waals surface area contributed by atoms with Crippen molar-refractivity contribution in [3.05, 3.63) is 11.3 Å². The number of rotatable bonds is 0. The van der Waals surface area contributed by atoms with Crippen LogP contribution in [-0.4, -0.2) is 30.0 Å². The van der Waals surface area contributed by atoms with Crippen molar-refractivity contribution in [2.45, 2.75) is 38.9 Å². The van der Waals surface area contributed by atoms with Crippen molar-refractivity contribution in [1.82, 2.24) is 0 Å². The summed E-state index contributed by atoms with van der Waals surface area (Å²) in [7, 11) is 0. The van der Waals surface area contributed by atoms with Crippen LogP contribution in [0.4, 0.5) is 0 Å². The predicted molar refractivity (Wildman–Crippen MR) is 57.8 cm³/mol. The average molecular weight is 223 g/mol. The fraction of sp³-hybridized carbons (Fsp3) is 0.750. The van der Waals surface area contributed by atoms with Crippen molar-refractivity contribution >= 4 is 0 Å². The zero-order valence-corrected chi connectivity index (χ0v) is 9.91. The Morgan fingerprint density at radius 1 is 1.38 bits per heavy atom. The van der Waals surface area contributed by atoms with Gasteiger partial charge in [-0.15, -0.1) is 0 Å². The molecule has 1 aliphatic carbocycles. The number of nitrogens with zero attached hydrogens (tertiary/aromatic N) is 1. The SMILES string of the molecule is CC1(C)C(O)=C(C#N)C[C@]2(C)OCCO[C@@H]12. The van der Waals surface area contributed by atoms with Crippen molar-refractivity contribution in [3.8, 4) is 6.07 Å². The van der Waals surface area contributed by atoms with Crippen molar-refractivity contribution in [1.29, 1.82) is 5.26 Å². The second-order valence-corrected chi connectivity index (χ2v) is 5.25. The second-order valence-electron chi connectivity index (χ2n) is 5.25. The molecule has 0 aromatic carbocycles. The molecule has 0 unspecified atom stereocenters. The Morgan fingerprint density at radius 2 is 2.06 bits per heavy atom. The summed E-state index contributed by atoms with van der Waals surface area (Å²) >= 11 is 0. The average Bonchev–Trinajstić information content (AvgIpc) is 2.24. The highest BCUT2D eigenvalue weighted by Crippen LogP contribution is 2.48. The first-order chi connectivity index (χ1) is 7.42. The van der Waals surface area contributed by atoms with Crippen LogP contribution >= 0.6 is 0 Å². The van der Waals surface area contributed by atoms with Crippen molar-refractivity contribution in [2.24, 2.45) is 5.41 Å². The molecule has 0 radical (unpaired) electrons. The van der Waals surface area contributed by atoms with Crippen LogP contribution in [0.3, 0.4) is 0 Å². The highest BCUT2D eigenvalue weighted by molar-refractivity contribution is 5.35. The molecule has 1 fully saturated rings. The molecule has 0 bridgehead atoms. The maximum absolute atomic E-state index is 10.1. The monoisotopic (exact) mass is 223 g/mol. The van der Waals surface area contributed by atoms with Crippen LogP contribution < -0.4 is 0 Å². The standard InChI is InChI=1S/C12H17NO3/c1-11(2)9(14)8(7-13)6-12(3)10(11)15-4-5-16-12/h10,14H,4-6H2,1-3H3/t10-,12-/m0/s1. The van der Waals surface area contributed by atoms with Crippen molar-refractivity contribution < 1.29 is 14.6 Å². The summed E-state index contributed by atoms with van der Waals surface area (Å²) in [5, 5.41) is 19.1. The molecule has 1 N–H and O–H groups in total. The lowest BCUT2D eigenvalue weighted by molar-refractivity contribution is -0.230. The van der Waals surface area contributed by atoms with Crippen LogP contribution in [-0.2, 0) is 9.47 Å². The number of aliphatic hydroxyl groups excluding tert-OH is 1. The van der Waals surface area contributed by atoms with E-state index in [0.717, 1.165) is 0 Å². The number of nitriles is 1. The smallest absolute Gasteiger partial charge is 0.114 e. The molecule has 2 atom stereocenters. The lowest BCUT2D eigenvalue weighted by atomic mass is 9.67. The summed E-state index contributed by atoms with van der Waals surface area (Å²) in [6.45, 7) is 6.80. The van der Waals surface area contributed by atoms with E-state index in [2.05, 4.69) is 6.07 Å². The molecule has 1 aliphatic heterocycles. The Hall–Kier alpha value is -1.05. The molecule has 0 amide bonds. The zero-order valence-electron chi connectivity index (χ0n) is 9.91. The summed E-state index contributed by atoms with van der Waals surface area (Å²) in [5.41, 5.74) is -0.661. The number of hydrogen-bond donors (Lipinski definition) is 1. The number of ether oxygens (including phenoxy) is 2. The Morgan fingerprint density at radius 3 is 2.69 bits per heavy atom. The Labute approximate surface area is 95.5 Å². The molecule has 0 aromatic heterocycles. The molecular formula is C12H17NO3. The minimum absolute atomic E-state index is 0.142. The topological polar surface area (TPSA) is 62.5 Å². The van der Waals surface area contributed by atoms with Gasteiger partial charge in [-0.1, -0.05) is 13.8 Å². The maximum Gasteiger partial charge on any atom is 0.114 e. The largest absolute Gasteiger partial charge is 0.511 e. The van der Waals surface area contributed by atoms with Gasteiger partial charge in [0.25, 0.3) is 0 Å². The summed E-state index contributed by atoms with van der Waals surface area (Å²) < 4.78 is 11.5. The van der Waals surface area contributed by atoms with Gasteiger partial charge in [0, 0.05) is 6.42 Å². The van der Waals surface area contributed by atoms with E-state index < -0.39 is 11.0 Å². The molecule has 0 saturated carbocycles. The van der Waals surface area contributed by atoms with Gasteiger partial charge in [0.15, 0.2) is 0 Å². The van der Waals surface area contributed by atoms with Gasteiger partial charge in [-0.2, -0.15) is 5.26 Å². The van der Waals surface area contributed by atoms with Gasteiger partial charge in [-0.3, -0.25) is 0 Å². The zero-order chi connectivity index (χ0) is 12.0. The highest BCUT2D eigenvalue weighted by Gasteiger charge is 2.54. The van der Waals surface area contributed by atoms with Gasteiger partial charge in [-0.25, -0.2) is 0 Å². The van der Waals surface area contributed by atoms with E-state index in [9.17, 15) is 5.11 Å². The third kappa shape index (κ3) is 1.43. The third-order valence-electron chi connectivity index (χ3n) is 3.57. The first-order valence-electron chi connectivity index (χ1n) is 5.50. The summed E-state index contributed by atoms with van der Waals surface area (Å²) in [6, 6.07) is 2.06. The van der Waals surface area contributed by atoms with Crippen LogP contribution in [0.15, 0.2) is 11.3 Å². The minimum atomic E-state index is -0.571. The second kappa shape index (κ2) is 3.47.